The lowest BCUT2D eigenvalue weighted by atomic mass is 9.53. The van der Waals surface area contributed by atoms with Gasteiger partial charge in [-0.15, -0.1) is 0 Å². The van der Waals surface area contributed by atoms with Crippen LogP contribution in [0.1, 0.15) is 43.1 Å². The van der Waals surface area contributed by atoms with Crippen LogP contribution in [-0.4, -0.2) is 39.7 Å². The predicted octanol–water partition coefficient (Wildman–Crippen LogP) is 3.35. The van der Waals surface area contributed by atoms with Gasteiger partial charge in [-0.2, -0.15) is 0 Å². The summed E-state index contributed by atoms with van der Waals surface area (Å²) in [6.45, 7) is 5.22. The molecular formula is C24H26ClN3O5. The minimum atomic E-state index is -1.15. The quantitative estimate of drug-likeness (QED) is 0.507. The Bertz CT molecular complexity index is 1080. The third-order valence-electron chi connectivity index (χ3n) is 6.34. The molecule has 2 aromatic rings. The molecule has 3 N–H and O–H groups in total. The molecule has 2 amide bonds. The van der Waals surface area contributed by atoms with Crippen molar-refractivity contribution in [3.8, 4) is 0 Å². The van der Waals surface area contributed by atoms with E-state index in [1.165, 1.54) is 13.1 Å². The molecule has 1 aromatic carbocycles. The molecule has 1 aliphatic carbocycles. The van der Waals surface area contributed by atoms with Crippen LogP contribution < -0.4 is 10.6 Å². The molecule has 0 radical (unpaired) electrons. The highest BCUT2D eigenvalue weighted by Gasteiger charge is 2.53. The molecule has 1 aromatic heterocycles. The first-order chi connectivity index (χ1) is 15.5. The van der Waals surface area contributed by atoms with E-state index in [4.69, 9.17) is 11.6 Å². The number of carbonyl (C=O) groups is 4. The minimum Gasteiger partial charge on any atom is -0.480 e. The summed E-state index contributed by atoms with van der Waals surface area (Å²) >= 11 is 5.94. The van der Waals surface area contributed by atoms with Crippen LogP contribution in [0, 0.1) is 17.3 Å². The molecule has 1 aliphatic rings. The zero-order valence-electron chi connectivity index (χ0n) is 18.6. The van der Waals surface area contributed by atoms with Crippen LogP contribution in [0.2, 0.25) is 5.15 Å². The van der Waals surface area contributed by atoms with Crippen molar-refractivity contribution in [2.24, 2.45) is 17.3 Å². The number of amides is 2. The molecule has 1 heterocycles. The number of Topliss-reactive ketones (excluding diaryl/α,β-unsaturated/α-hetero) is 1. The second-order valence-electron chi connectivity index (χ2n) is 8.87. The van der Waals surface area contributed by atoms with Gasteiger partial charge in [0.05, 0.1) is 5.56 Å². The first kappa shape index (κ1) is 24.4. The molecule has 8 nitrogen and oxygen atoms in total. The van der Waals surface area contributed by atoms with Crippen LogP contribution in [0.25, 0.3) is 0 Å². The van der Waals surface area contributed by atoms with Gasteiger partial charge in [0.15, 0.2) is 0 Å². The third-order valence-corrected chi connectivity index (χ3v) is 6.65. The lowest BCUT2D eigenvalue weighted by Gasteiger charge is -2.50. The fourth-order valence-corrected chi connectivity index (χ4v) is 4.45. The summed E-state index contributed by atoms with van der Waals surface area (Å²) in [5.74, 6) is -2.49. The van der Waals surface area contributed by atoms with E-state index in [9.17, 15) is 24.3 Å². The number of pyridine rings is 1. The number of halogens is 1. The standard InChI is InChI=1S/C24H26ClN3O5/c1-13(29)17-12-18(24(17,2)3)22(31)28-19(23(32)33)11-14-6-8-15(9-7-14)27-21(30)16-5-4-10-26-20(16)25/h4-10,17-19H,11-12H2,1-3H3,(H,27,30)(H,28,31)(H,32,33). The largest absolute Gasteiger partial charge is 0.480 e. The van der Waals surface area contributed by atoms with Gasteiger partial charge in [-0.1, -0.05) is 37.6 Å². The van der Waals surface area contributed by atoms with Crippen molar-refractivity contribution in [2.45, 2.75) is 39.7 Å². The summed E-state index contributed by atoms with van der Waals surface area (Å²) in [5.41, 5.74) is 0.916. The fraction of sp³-hybridized carbons (Fsp3) is 0.375. The minimum absolute atomic E-state index is 0.0387. The van der Waals surface area contributed by atoms with Crippen LogP contribution in [0.4, 0.5) is 5.69 Å². The Morgan fingerprint density at radius 3 is 2.36 bits per heavy atom. The number of hydrogen-bond donors (Lipinski definition) is 3. The number of hydrogen-bond acceptors (Lipinski definition) is 5. The molecule has 0 saturated heterocycles. The van der Waals surface area contributed by atoms with E-state index in [1.54, 1.807) is 36.4 Å². The summed E-state index contributed by atoms with van der Waals surface area (Å²) in [7, 11) is 0. The van der Waals surface area contributed by atoms with Gasteiger partial charge in [-0.3, -0.25) is 14.4 Å². The van der Waals surface area contributed by atoms with Gasteiger partial charge in [0.1, 0.15) is 17.0 Å². The lowest BCUT2D eigenvalue weighted by molar-refractivity contribution is -0.152. The Balaban J connectivity index is 1.62. The zero-order valence-corrected chi connectivity index (χ0v) is 19.3. The highest BCUT2D eigenvalue weighted by atomic mass is 35.5. The van der Waals surface area contributed by atoms with Gasteiger partial charge in [-0.05, 0) is 48.6 Å². The second-order valence-corrected chi connectivity index (χ2v) is 9.23. The molecule has 0 spiro atoms. The normalized spacial score (nSPS) is 19.6. The average molecular weight is 472 g/mol. The van der Waals surface area contributed by atoms with Crippen molar-refractivity contribution in [2.75, 3.05) is 5.32 Å². The Kier molecular flexibility index (Phi) is 7.17. The smallest absolute Gasteiger partial charge is 0.326 e. The molecule has 3 rings (SSSR count). The van der Waals surface area contributed by atoms with E-state index in [2.05, 4.69) is 15.6 Å². The first-order valence-electron chi connectivity index (χ1n) is 10.5. The number of carbonyl (C=O) groups excluding carboxylic acids is 3. The van der Waals surface area contributed by atoms with Crippen molar-refractivity contribution < 1.29 is 24.3 Å². The summed E-state index contributed by atoms with van der Waals surface area (Å²) in [6, 6.07) is 8.70. The van der Waals surface area contributed by atoms with Gasteiger partial charge in [-0.25, -0.2) is 9.78 Å². The number of nitrogens with zero attached hydrogens (tertiary/aromatic N) is 1. The molecule has 33 heavy (non-hydrogen) atoms. The lowest BCUT2D eigenvalue weighted by Crippen LogP contribution is -2.57. The number of benzene rings is 1. The van der Waals surface area contributed by atoms with Gasteiger partial charge < -0.3 is 15.7 Å². The van der Waals surface area contributed by atoms with Gasteiger partial charge in [0, 0.05) is 30.1 Å². The molecule has 9 heteroatoms. The maximum absolute atomic E-state index is 12.7. The summed E-state index contributed by atoms with van der Waals surface area (Å²) in [4.78, 5) is 52.4. The van der Waals surface area contributed by atoms with E-state index in [0.717, 1.165) is 0 Å². The first-order valence-corrected chi connectivity index (χ1v) is 10.9. The number of aliphatic carboxylic acids is 1. The summed E-state index contributed by atoms with van der Waals surface area (Å²) < 4.78 is 0. The van der Waals surface area contributed by atoms with E-state index < -0.39 is 29.3 Å². The molecule has 3 atom stereocenters. The van der Waals surface area contributed by atoms with Gasteiger partial charge in [0.2, 0.25) is 5.91 Å². The third kappa shape index (κ3) is 5.39. The van der Waals surface area contributed by atoms with Gasteiger partial charge >= 0.3 is 5.97 Å². The molecule has 1 fully saturated rings. The van der Waals surface area contributed by atoms with Crippen LogP contribution >= 0.6 is 11.6 Å². The molecule has 1 saturated carbocycles. The Morgan fingerprint density at radius 2 is 1.82 bits per heavy atom. The molecule has 0 bridgehead atoms. The highest BCUT2D eigenvalue weighted by Crippen LogP contribution is 2.51. The Labute approximate surface area is 196 Å². The van der Waals surface area contributed by atoms with E-state index >= 15 is 0 Å². The Hall–Kier alpha value is -3.26. The Morgan fingerprint density at radius 1 is 1.15 bits per heavy atom. The van der Waals surface area contributed by atoms with E-state index in [1.807, 2.05) is 13.8 Å². The van der Waals surface area contributed by atoms with Crippen LogP contribution in [0.15, 0.2) is 42.6 Å². The fourth-order valence-electron chi connectivity index (χ4n) is 4.25. The number of nitrogens with one attached hydrogen (secondary N) is 2. The van der Waals surface area contributed by atoms with Gasteiger partial charge in [0.25, 0.3) is 5.91 Å². The molecule has 174 valence electrons. The average Bonchev–Trinajstić information content (AvgIpc) is 2.73. The summed E-state index contributed by atoms with van der Waals surface area (Å²) in [5, 5.41) is 15.0. The number of rotatable bonds is 8. The van der Waals surface area contributed by atoms with Crippen molar-refractivity contribution in [1.29, 1.82) is 0 Å². The maximum atomic E-state index is 12.7. The van der Waals surface area contributed by atoms with Crippen molar-refractivity contribution in [3.05, 3.63) is 58.9 Å². The monoisotopic (exact) mass is 471 g/mol. The second kappa shape index (κ2) is 9.70. The highest BCUT2D eigenvalue weighted by molar-refractivity contribution is 6.33. The van der Waals surface area contributed by atoms with Crippen molar-refractivity contribution in [1.82, 2.24) is 10.3 Å². The van der Waals surface area contributed by atoms with E-state index in [0.29, 0.717) is 17.7 Å². The number of carboxylic acids is 1. The number of carboxylic acid groups (broad SMARTS) is 1. The predicted molar refractivity (Wildman–Crippen MR) is 123 cm³/mol. The van der Waals surface area contributed by atoms with Crippen LogP contribution in [0.5, 0.6) is 0 Å². The molecule has 0 aliphatic heterocycles. The van der Waals surface area contributed by atoms with Crippen LogP contribution in [0.3, 0.4) is 0 Å². The van der Waals surface area contributed by atoms with Crippen molar-refractivity contribution >= 4 is 40.9 Å². The molecule has 3 unspecified atom stereocenters. The number of aromatic nitrogens is 1. The van der Waals surface area contributed by atoms with Crippen LogP contribution in [-0.2, 0) is 20.8 Å². The SMILES string of the molecule is CC(=O)C1CC(C(=O)NC(Cc2ccc(NC(=O)c3cccnc3Cl)cc2)C(=O)O)C1(C)C. The zero-order chi connectivity index (χ0) is 24.3. The number of anilines is 1. The number of ketones is 1. The molecular weight excluding hydrogens is 446 g/mol. The summed E-state index contributed by atoms with van der Waals surface area (Å²) in [6.07, 6.45) is 1.99. The van der Waals surface area contributed by atoms with Crippen molar-refractivity contribution in [3.63, 3.8) is 0 Å². The van der Waals surface area contributed by atoms with E-state index in [-0.39, 0.29) is 34.7 Å². The maximum Gasteiger partial charge on any atom is 0.326 e. The topological polar surface area (TPSA) is 125 Å².